The van der Waals surface area contributed by atoms with Crippen LogP contribution in [0.2, 0.25) is 0 Å². The van der Waals surface area contributed by atoms with Crippen molar-refractivity contribution in [2.24, 2.45) is 5.41 Å². The van der Waals surface area contributed by atoms with Crippen LogP contribution in [0.3, 0.4) is 0 Å². The summed E-state index contributed by atoms with van der Waals surface area (Å²) < 4.78 is 10.8. The van der Waals surface area contributed by atoms with Gasteiger partial charge in [-0.3, -0.25) is 0 Å². The van der Waals surface area contributed by atoms with Crippen LogP contribution >= 0.6 is 0 Å². The predicted octanol–water partition coefficient (Wildman–Crippen LogP) is 2.51. The van der Waals surface area contributed by atoms with Crippen molar-refractivity contribution in [3.63, 3.8) is 0 Å². The Morgan fingerprint density at radius 2 is 1.89 bits per heavy atom. The van der Waals surface area contributed by atoms with E-state index >= 15 is 0 Å². The third kappa shape index (κ3) is 7.43. The maximum atomic E-state index is 12.0. The van der Waals surface area contributed by atoms with Crippen molar-refractivity contribution >= 4 is 12.1 Å². The third-order valence-corrected chi connectivity index (χ3v) is 5.07. The zero-order valence-corrected chi connectivity index (χ0v) is 17.2. The van der Waals surface area contributed by atoms with E-state index < -0.39 is 24.2 Å². The van der Waals surface area contributed by atoms with Crippen molar-refractivity contribution in [3.8, 4) is 0 Å². The first-order chi connectivity index (χ1) is 13.0. The Morgan fingerprint density at radius 1 is 1.25 bits per heavy atom. The molecular formula is C20H28MnNO6-. The summed E-state index contributed by atoms with van der Waals surface area (Å²) in [5.74, 6) is -1.20. The van der Waals surface area contributed by atoms with E-state index in [0.29, 0.717) is 0 Å². The van der Waals surface area contributed by atoms with Crippen molar-refractivity contribution in [1.82, 2.24) is 5.32 Å². The van der Waals surface area contributed by atoms with Crippen molar-refractivity contribution in [2.75, 3.05) is 13.2 Å². The number of aliphatic carboxylic acids is 1. The van der Waals surface area contributed by atoms with Gasteiger partial charge in [-0.15, -0.1) is 5.56 Å². The van der Waals surface area contributed by atoms with E-state index in [4.69, 9.17) is 9.47 Å². The predicted molar refractivity (Wildman–Crippen MR) is 98.0 cm³/mol. The molecule has 1 radical (unpaired) electrons. The number of aliphatic hydroxyl groups is 1. The molecule has 3 N–H and O–H groups in total. The first-order valence-electron chi connectivity index (χ1n) is 9.29. The van der Waals surface area contributed by atoms with Gasteiger partial charge in [-0.05, 0) is 19.8 Å². The molecule has 8 heteroatoms. The Morgan fingerprint density at radius 3 is 2.46 bits per heavy atom. The Kier molecular flexibility index (Phi) is 10.5. The van der Waals surface area contributed by atoms with Crippen LogP contribution in [-0.2, 0) is 37.9 Å². The van der Waals surface area contributed by atoms with Gasteiger partial charge >= 0.3 is 12.1 Å². The van der Waals surface area contributed by atoms with Gasteiger partial charge in [0.05, 0.1) is 25.9 Å². The smallest absolute Gasteiger partial charge is 0.408 e. The minimum atomic E-state index is -1.24. The first kappa shape index (κ1) is 24.4. The normalized spacial score (nSPS) is 17.6. The number of aliphatic hydroxyl groups excluding tert-OH is 1. The van der Waals surface area contributed by atoms with E-state index in [0.717, 1.165) is 37.7 Å². The number of benzene rings is 1. The van der Waals surface area contributed by atoms with E-state index in [1.165, 1.54) is 0 Å². The van der Waals surface area contributed by atoms with Crippen LogP contribution in [0.15, 0.2) is 24.3 Å². The fraction of sp³-hybridized carbons (Fsp3) is 0.600. The quantitative estimate of drug-likeness (QED) is 0.408. The second kappa shape index (κ2) is 12.1. The van der Waals surface area contributed by atoms with Crippen LogP contribution in [0.4, 0.5) is 4.79 Å². The first-order valence-corrected chi connectivity index (χ1v) is 9.29. The molecule has 1 saturated carbocycles. The van der Waals surface area contributed by atoms with Gasteiger partial charge in [-0.25, -0.2) is 9.59 Å². The SMILES string of the molecule is C[C@@H](OCC1(CO)CCCCC1)[C@H](NC(=O)OCc1cc[c-]cc1)C(=O)O.[Mn]. The van der Waals surface area contributed by atoms with Crippen LogP contribution in [0.5, 0.6) is 0 Å². The maximum absolute atomic E-state index is 12.0. The molecule has 28 heavy (non-hydrogen) atoms. The summed E-state index contributed by atoms with van der Waals surface area (Å²) in [6.45, 7) is 1.92. The molecular weight excluding hydrogens is 405 g/mol. The van der Waals surface area contributed by atoms with Crippen LogP contribution < -0.4 is 5.32 Å². The number of carboxylic acid groups (broad SMARTS) is 1. The number of nitrogens with one attached hydrogen (secondary N) is 1. The van der Waals surface area contributed by atoms with Gasteiger partial charge in [0.15, 0.2) is 6.04 Å². The number of hydrogen-bond acceptors (Lipinski definition) is 5. The second-order valence-electron chi connectivity index (χ2n) is 7.18. The molecule has 157 valence electrons. The average Bonchev–Trinajstić information content (AvgIpc) is 2.70. The Balaban J connectivity index is 0.00000392. The largest absolute Gasteiger partial charge is 0.480 e. The Hall–Kier alpha value is -1.60. The summed E-state index contributed by atoms with van der Waals surface area (Å²) in [7, 11) is 0. The average molecular weight is 433 g/mol. The minimum absolute atomic E-state index is 0. The molecule has 7 nitrogen and oxygen atoms in total. The molecule has 1 amide bonds. The molecule has 0 saturated heterocycles. The fourth-order valence-corrected chi connectivity index (χ4v) is 3.27. The summed E-state index contributed by atoms with van der Waals surface area (Å²) in [6, 6.07) is 8.55. The molecule has 0 aromatic heterocycles. The molecule has 0 unspecified atom stereocenters. The zero-order valence-electron chi connectivity index (χ0n) is 16.0. The number of hydrogen-bond donors (Lipinski definition) is 3. The number of alkyl carbamates (subject to hydrolysis) is 1. The van der Waals surface area contributed by atoms with Crippen molar-refractivity contribution < 1.29 is 46.3 Å². The second-order valence-corrected chi connectivity index (χ2v) is 7.18. The van der Waals surface area contributed by atoms with Gasteiger partial charge in [0.2, 0.25) is 0 Å². The third-order valence-electron chi connectivity index (χ3n) is 5.07. The molecule has 0 bridgehead atoms. The van der Waals surface area contributed by atoms with Gasteiger partial charge in [0.1, 0.15) is 0 Å². The van der Waals surface area contributed by atoms with E-state index in [2.05, 4.69) is 11.4 Å². The summed E-state index contributed by atoms with van der Waals surface area (Å²) in [5, 5.41) is 21.5. The number of amides is 1. The summed E-state index contributed by atoms with van der Waals surface area (Å²) in [5.41, 5.74) is 0.461. The van der Waals surface area contributed by atoms with Gasteiger partial charge in [-0.1, -0.05) is 19.3 Å². The molecule has 1 aromatic carbocycles. The molecule has 1 aromatic rings. The zero-order chi connectivity index (χ0) is 19.7. The van der Waals surface area contributed by atoms with E-state index in [-0.39, 0.29) is 42.3 Å². The number of carboxylic acids is 1. The molecule has 1 aliphatic carbocycles. The van der Waals surface area contributed by atoms with Crippen molar-refractivity contribution in [2.45, 2.75) is 57.8 Å². The molecule has 0 heterocycles. The van der Waals surface area contributed by atoms with Crippen LogP contribution in [0.25, 0.3) is 0 Å². The van der Waals surface area contributed by atoms with Crippen LogP contribution in [0.1, 0.15) is 44.6 Å². The number of carbonyl (C=O) groups excluding carboxylic acids is 1. The maximum Gasteiger partial charge on any atom is 0.408 e. The number of ether oxygens (including phenoxy) is 2. The summed E-state index contributed by atoms with van der Waals surface area (Å²) in [6.07, 6.45) is 3.34. The van der Waals surface area contributed by atoms with Crippen LogP contribution in [-0.4, -0.2) is 47.6 Å². The molecule has 0 aliphatic heterocycles. The van der Waals surface area contributed by atoms with Crippen molar-refractivity contribution in [1.29, 1.82) is 0 Å². The van der Waals surface area contributed by atoms with E-state index in [1.807, 2.05) is 0 Å². The summed E-state index contributed by atoms with van der Waals surface area (Å²) in [4.78, 5) is 23.5. The molecule has 2 atom stereocenters. The van der Waals surface area contributed by atoms with Gasteiger partial charge < -0.3 is 25.0 Å². The molecule has 0 spiro atoms. The fourth-order valence-electron chi connectivity index (χ4n) is 3.27. The minimum Gasteiger partial charge on any atom is -0.480 e. The topological polar surface area (TPSA) is 105 Å². The Bertz CT molecular complexity index is 606. The molecule has 1 fully saturated rings. The summed E-state index contributed by atoms with van der Waals surface area (Å²) >= 11 is 0. The van der Waals surface area contributed by atoms with Crippen LogP contribution in [0, 0.1) is 11.5 Å². The van der Waals surface area contributed by atoms with Gasteiger partial charge in [0.25, 0.3) is 0 Å². The van der Waals surface area contributed by atoms with Gasteiger partial charge in [-0.2, -0.15) is 30.3 Å². The monoisotopic (exact) mass is 433 g/mol. The number of carbonyl (C=O) groups is 2. The number of rotatable bonds is 9. The molecule has 1 aliphatic rings. The van der Waals surface area contributed by atoms with Gasteiger partial charge in [0, 0.05) is 22.5 Å². The molecule has 2 rings (SSSR count). The Labute approximate surface area is 176 Å². The van der Waals surface area contributed by atoms with Crippen molar-refractivity contribution in [3.05, 3.63) is 35.9 Å². The van der Waals surface area contributed by atoms with E-state index in [1.54, 1.807) is 31.2 Å². The standard InChI is InChI=1S/C20H28NO6.Mn/c1-15(27-14-20(13-22)10-6-3-7-11-20)17(18(23)24)21-19(25)26-12-16-8-4-2-5-9-16;/h4-5,8-9,15,17,22H,3,6-7,10-14H2,1H3,(H,21,25)(H,23,24);/q-1;/t15-,17+;/m1./s1. The van der Waals surface area contributed by atoms with E-state index in [9.17, 15) is 19.8 Å².